The zero-order valence-corrected chi connectivity index (χ0v) is 10.9. The van der Waals surface area contributed by atoms with E-state index in [0.29, 0.717) is 5.41 Å². The molecule has 2 heterocycles. The molecule has 0 bridgehead atoms. The van der Waals surface area contributed by atoms with Crippen LogP contribution in [-0.4, -0.2) is 16.1 Å². The van der Waals surface area contributed by atoms with Crippen molar-refractivity contribution in [2.45, 2.75) is 25.8 Å². The van der Waals surface area contributed by atoms with Crippen molar-refractivity contribution in [1.29, 1.82) is 0 Å². The van der Waals surface area contributed by atoms with Crippen LogP contribution in [0.1, 0.15) is 37.4 Å². The lowest BCUT2D eigenvalue weighted by molar-refractivity contribution is 0.397. The fraction of sp³-hybridized carbons (Fsp3) is 0.500. The second-order valence-electron chi connectivity index (χ2n) is 5.54. The van der Waals surface area contributed by atoms with Gasteiger partial charge in [-0.1, -0.05) is 6.92 Å². The molecule has 1 aliphatic carbocycles. The second-order valence-corrected chi connectivity index (χ2v) is 5.54. The lowest BCUT2D eigenvalue weighted by Gasteiger charge is -2.19. The summed E-state index contributed by atoms with van der Waals surface area (Å²) in [5.41, 5.74) is 0.468. The SMILES string of the molecule is Cn1ccnc1C(NCC1(C)CC1)c1ccco1. The van der Waals surface area contributed by atoms with Crippen LogP contribution in [0.5, 0.6) is 0 Å². The van der Waals surface area contributed by atoms with E-state index in [1.807, 2.05) is 36.1 Å². The van der Waals surface area contributed by atoms with Crippen molar-refractivity contribution in [1.82, 2.24) is 14.9 Å². The number of hydrogen-bond donors (Lipinski definition) is 1. The molecule has 0 aromatic carbocycles. The number of nitrogens with one attached hydrogen (secondary N) is 1. The van der Waals surface area contributed by atoms with Gasteiger partial charge in [0.25, 0.3) is 0 Å². The molecule has 0 saturated heterocycles. The molecule has 1 unspecified atom stereocenters. The van der Waals surface area contributed by atoms with E-state index in [0.717, 1.165) is 18.1 Å². The first-order valence-corrected chi connectivity index (χ1v) is 6.42. The normalized spacial score (nSPS) is 18.8. The minimum absolute atomic E-state index is 0.0393. The van der Waals surface area contributed by atoms with E-state index in [1.54, 1.807) is 6.26 Å². The zero-order chi connectivity index (χ0) is 12.6. The maximum absolute atomic E-state index is 5.54. The van der Waals surface area contributed by atoms with E-state index >= 15 is 0 Å². The molecular weight excluding hydrogens is 226 g/mol. The Hall–Kier alpha value is -1.55. The van der Waals surface area contributed by atoms with E-state index < -0.39 is 0 Å². The Bertz CT molecular complexity index is 511. The smallest absolute Gasteiger partial charge is 0.133 e. The van der Waals surface area contributed by atoms with Crippen molar-refractivity contribution in [2.24, 2.45) is 12.5 Å². The number of aryl methyl sites for hydroxylation is 1. The highest BCUT2D eigenvalue weighted by Crippen LogP contribution is 2.44. The molecule has 0 aliphatic heterocycles. The van der Waals surface area contributed by atoms with Crippen LogP contribution in [0.3, 0.4) is 0 Å². The van der Waals surface area contributed by atoms with Gasteiger partial charge in [-0.2, -0.15) is 0 Å². The quantitative estimate of drug-likeness (QED) is 0.880. The van der Waals surface area contributed by atoms with Crippen LogP contribution in [0.2, 0.25) is 0 Å². The van der Waals surface area contributed by atoms with E-state index in [9.17, 15) is 0 Å². The van der Waals surface area contributed by atoms with Crippen LogP contribution in [0.15, 0.2) is 35.2 Å². The third-order valence-electron chi connectivity index (χ3n) is 3.78. The first-order valence-electron chi connectivity index (χ1n) is 6.42. The average Bonchev–Trinajstić information content (AvgIpc) is 2.81. The molecule has 0 amide bonds. The molecule has 1 atom stereocenters. The number of hydrogen-bond acceptors (Lipinski definition) is 3. The van der Waals surface area contributed by atoms with Crippen molar-refractivity contribution >= 4 is 0 Å². The number of nitrogens with zero attached hydrogens (tertiary/aromatic N) is 2. The topological polar surface area (TPSA) is 43.0 Å². The highest BCUT2D eigenvalue weighted by Gasteiger charge is 2.38. The predicted octanol–water partition coefficient (Wildman–Crippen LogP) is 2.49. The van der Waals surface area contributed by atoms with E-state index in [2.05, 4.69) is 17.2 Å². The molecule has 1 N–H and O–H groups in total. The first kappa shape index (κ1) is 11.5. The van der Waals surface area contributed by atoms with Gasteiger partial charge in [-0.3, -0.25) is 0 Å². The highest BCUT2D eigenvalue weighted by atomic mass is 16.3. The molecule has 0 radical (unpaired) electrons. The highest BCUT2D eigenvalue weighted by molar-refractivity contribution is 5.16. The number of aromatic nitrogens is 2. The van der Waals surface area contributed by atoms with Gasteiger partial charge in [0.2, 0.25) is 0 Å². The lowest BCUT2D eigenvalue weighted by Crippen LogP contribution is -2.29. The van der Waals surface area contributed by atoms with Crippen molar-refractivity contribution in [3.63, 3.8) is 0 Å². The molecule has 18 heavy (non-hydrogen) atoms. The molecular formula is C14H19N3O. The van der Waals surface area contributed by atoms with E-state index in [4.69, 9.17) is 4.42 Å². The molecule has 1 aliphatic rings. The van der Waals surface area contributed by atoms with E-state index in [-0.39, 0.29) is 6.04 Å². The minimum atomic E-state index is 0.0393. The minimum Gasteiger partial charge on any atom is -0.467 e. The molecule has 4 heteroatoms. The molecule has 0 spiro atoms. The summed E-state index contributed by atoms with van der Waals surface area (Å²) in [6.07, 6.45) is 8.13. The summed E-state index contributed by atoms with van der Waals surface area (Å²) in [7, 11) is 2.01. The Morgan fingerprint density at radius 2 is 2.39 bits per heavy atom. The maximum atomic E-state index is 5.54. The van der Waals surface area contributed by atoms with Crippen LogP contribution in [-0.2, 0) is 7.05 Å². The predicted molar refractivity (Wildman–Crippen MR) is 69.1 cm³/mol. The fourth-order valence-corrected chi connectivity index (χ4v) is 2.17. The van der Waals surface area contributed by atoms with Crippen LogP contribution in [0.25, 0.3) is 0 Å². The van der Waals surface area contributed by atoms with Gasteiger partial charge in [-0.15, -0.1) is 0 Å². The summed E-state index contributed by atoms with van der Waals surface area (Å²) in [5, 5.41) is 3.59. The molecule has 1 fully saturated rings. The first-order chi connectivity index (χ1) is 8.68. The Labute approximate surface area is 107 Å². The molecule has 2 aromatic heterocycles. The van der Waals surface area contributed by atoms with Gasteiger partial charge < -0.3 is 14.3 Å². The average molecular weight is 245 g/mol. The van der Waals surface area contributed by atoms with Crippen molar-refractivity contribution in [3.8, 4) is 0 Å². The van der Waals surface area contributed by atoms with Crippen molar-refractivity contribution < 1.29 is 4.42 Å². The Kier molecular flexibility index (Phi) is 2.74. The molecule has 3 rings (SSSR count). The number of imidazole rings is 1. The van der Waals surface area contributed by atoms with Gasteiger partial charge in [-0.25, -0.2) is 4.98 Å². The molecule has 2 aromatic rings. The third-order valence-corrected chi connectivity index (χ3v) is 3.78. The van der Waals surface area contributed by atoms with Gasteiger partial charge in [0.15, 0.2) is 0 Å². The van der Waals surface area contributed by atoms with Crippen LogP contribution >= 0.6 is 0 Å². The summed E-state index contributed by atoms with van der Waals surface area (Å²) in [5.74, 6) is 1.92. The number of furan rings is 1. The van der Waals surface area contributed by atoms with Gasteiger partial charge in [0.05, 0.1) is 6.26 Å². The summed E-state index contributed by atoms with van der Waals surface area (Å²) in [4.78, 5) is 4.43. The molecule has 4 nitrogen and oxygen atoms in total. The molecule has 1 saturated carbocycles. The van der Waals surface area contributed by atoms with Gasteiger partial charge >= 0.3 is 0 Å². The van der Waals surface area contributed by atoms with Crippen molar-refractivity contribution in [2.75, 3.05) is 6.54 Å². The number of rotatable bonds is 5. The van der Waals surface area contributed by atoms with Crippen molar-refractivity contribution in [3.05, 3.63) is 42.4 Å². The van der Waals surface area contributed by atoms with Crippen LogP contribution in [0, 0.1) is 5.41 Å². The van der Waals surface area contributed by atoms with Gasteiger partial charge in [-0.05, 0) is 30.4 Å². The lowest BCUT2D eigenvalue weighted by atomic mass is 10.1. The second kappa shape index (κ2) is 4.28. The monoisotopic (exact) mass is 245 g/mol. The van der Waals surface area contributed by atoms with Crippen LogP contribution < -0.4 is 5.32 Å². The third kappa shape index (κ3) is 2.20. The van der Waals surface area contributed by atoms with Crippen LogP contribution in [0.4, 0.5) is 0 Å². The maximum Gasteiger partial charge on any atom is 0.133 e. The van der Waals surface area contributed by atoms with Gasteiger partial charge in [0.1, 0.15) is 17.6 Å². The zero-order valence-electron chi connectivity index (χ0n) is 10.9. The molecule has 96 valence electrons. The Morgan fingerprint density at radius 3 is 2.94 bits per heavy atom. The van der Waals surface area contributed by atoms with E-state index in [1.165, 1.54) is 12.8 Å². The Morgan fingerprint density at radius 1 is 1.56 bits per heavy atom. The van der Waals surface area contributed by atoms with Gasteiger partial charge in [0, 0.05) is 26.0 Å². The standard InChI is InChI=1S/C14H19N3O/c1-14(5-6-14)10-16-12(11-4-3-9-18-11)13-15-7-8-17(13)2/h3-4,7-9,12,16H,5-6,10H2,1-2H3. The summed E-state index contributed by atoms with van der Waals surface area (Å²) in [6, 6.07) is 3.96. The Balaban J connectivity index is 1.82. The fourth-order valence-electron chi connectivity index (χ4n) is 2.17. The summed E-state index contributed by atoms with van der Waals surface area (Å²) >= 11 is 0. The summed E-state index contributed by atoms with van der Waals surface area (Å²) in [6.45, 7) is 3.32. The largest absolute Gasteiger partial charge is 0.467 e. The summed E-state index contributed by atoms with van der Waals surface area (Å²) < 4.78 is 7.58.